The third-order valence-electron chi connectivity index (χ3n) is 5.13. The number of aryl methyl sites for hydroxylation is 1. The summed E-state index contributed by atoms with van der Waals surface area (Å²) in [6.45, 7) is 2.55. The SMILES string of the molecule is COc1ccc(C(=O)NCCOc2ccccc2C)cc1S(=O)(=O)NC1CCCC1. The van der Waals surface area contributed by atoms with Crippen LogP contribution in [0.3, 0.4) is 0 Å². The second-order valence-electron chi connectivity index (χ2n) is 7.34. The number of ether oxygens (including phenoxy) is 2. The van der Waals surface area contributed by atoms with Crippen LogP contribution in [0, 0.1) is 6.92 Å². The van der Waals surface area contributed by atoms with E-state index in [-0.39, 0.29) is 28.2 Å². The Labute approximate surface area is 177 Å². The smallest absolute Gasteiger partial charge is 0.251 e. The fourth-order valence-corrected chi connectivity index (χ4v) is 5.00. The molecule has 2 aromatic carbocycles. The van der Waals surface area contributed by atoms with Gasteiger partial charge in [-0.05, 0) is 49.6 Å². The Bertz CT molecular complexity index is 985. The first-order chi connectivity index (χ1) is 14.4. The molecule has 0 bridgehead atoms. The number of hydrogen-bond acceptors (Lipinski definition) is 5. The summed E-state index contributed by atoms with van der Waals surface area (Å²) in [5.74, 6) is 0.603. The van der Waals surface area contributed by atoms with Crippen LogP contribution in [0.5, 0.6) is 11.5 Å². The van der Waals surface area contributed by atoms with Crippen LogP contribution in [0.2, 0.25) is 0 Å². The molecule has 0 aromatic heterocycles. The summed E-state index contributed by atoms with van der Waals surface area (Å²) >= 11 is 0. The fraction of sp³-hybridized carbons (Fsp3) is 0.409. The van der Waals surface area contributed by atoms with Gasteiger partial charge in [-0.25, -0.2) is 13.1 Å². The number of nitrogens with one attached hydrogen (secondary N) is 2. The highest BCUT2D eigenvalue weighted by Gasteiger charge is 2.26. The highest BCUT2D eigenvalue weighted by molar-refractivity contribution is 7.89. The molecule has 3 rings (SSSR count). The first-order valence-corrected chi connectivity index (χ1v) is 11.6. The zero-order chi connectivity index (χ0) is 21.6. The van der Waals surface area contributed by atoms with Crippen LogP contribution in [-0.4, -0.2) is 40.6 Å². The minimum Gasteiger partial charge on any atom is -0.495 e. The van der Waals surface area contributed by atoms with E-state index in [2.05, 4.69) is 10.0 Å². The van der Waals surface area contributed by atoms with Gasteiger partial charge in [-0.15, -0.1) is 0 Å². The number of carbonyl (C=O) groups is 1. The molecule has 1 fully saturated rings. The third-order valence-corrected chi connectivity index (χ3v) is 6.67. The minimum absolute atomic E-state index is 0.0271. The summed E-state index contributed by atoms with van der Waals surface area (Å²) in [5, 5.41) is 2.76. The van der Waals surface area contributed by atoms with Crippen molar-refractivity contribution in [2.75, 3.05) is 20.3 Å². The van der Waals surface area contributed by atoms with Crippen molar-refractivity contribution in [2.24, 2.45) is 0 Å². The molecule has 1 amide bonds. The Morgan fingerprint density at radius 2 is 1.83 bits per heavy atom. The highest BCUT2D eigenvalue weighted by atomic mass is 32.2. The van der Waals surface area contributed by atoms with Gasteiger partial charge < -0.3 is 14.8 Å². The van der Waals surface area contributed by atoms with Crippen molar-refractivity contribution in [3.05, 3.63) is 53.6 Å². The first-order valence-electron chi connectivity index (χ1n) is 10.1. The average molecular weight is 433 g/mol. The highest BCUT2D eigenvalue weighted by Crippen LogP contribution is 2.27. The first kappa shape index (κ1) is 22.1. The van der Waals surface area contributed by atoms with Gasteiger partial charge in [0.1, 0.15) is 23.0 Å². The second kappa shape index (κ2) is 9.95. The number of para-hydroxylation sites is 1. The van der Waals surface area contributed by atoms with E-state index in [9.17, 15) is 13.2 Å². The van der Waals surface area contributed by atoms with Gasteiger partial charge in [0.05, 0.1) is 13.7 Å². The van der Waals surface area contributed by atoms with Crippen molar-refractivity contribution in [3.63, 3.8) is 0 Å². The molecule has 8 heteroatoms. The molecule has 0 spiro atoms. The molecule has 0 radical (unpaired) electrons. The Morgan fingerprint density at radius 3 is 2.53 bits per heavy atom. The van der Waals surface area contributed by atoms with Gasteiger partial charge in [0, 0.05) is 11.6 Å². The zero-order valence-electron chi connectivity index (χ0n) is 17.3. The van der Waals surface area contributed by atoms with Crippen molar-refractivity contribution in [3.8, 4) is 11.5 Å². The zero-order valence-corrected chi connectivity index (χ0v) is 18.1. The molecule has 2 N–H and O–H groups in total. The number of carbonyl (C=O) groups excluding carboxylic acids is 1. The molecule has 1 aliphatic rings. The summed E-state index contributed by atoms with van der Waals surface area (Å²) < 4.78 is 39.3. The third kappa shape index (κ3) is 5.52. The molecule has 0 aliphatic heterocycles. The van der Waals surface area contributed by atoms with Crippen molar-refractivity contribution in [2.45, 2.75) is 43.5 Å². The predicted molar refractivity (Wildman–Crippen MR) is 115 cm³/mol. The number of benzene rings is 2. The van der Waals surface area contributed by atoms with Gasteiger partial charge in [0.15, 0.2) is 0 Å². The van der Waals surface area contributed by atoms with E-state index >= 15 is 0 Å². The topological polar surface area (TPSA) is 93.7 Å². The lowest BCUT2D eigenvalue weighted by atomic mass is 10.2. The van der Waals surface area contributed by atoms with Crippen LogP contribution in [-0.2, 0) is 10.0 Å². The molecule has 0 atom stereocenters. The summed E-state index contributed by atoms with van der Waals surface area (Å²) in [6, 6.07) is 12.0. The summed E-state index contributed by atoms with van der Waals surface area (Å²) in [4.78, 5) is 12.5. The molecule has 0 saturated heterocycles. The number of amides is 1. The van der Waals surface area contributed by atoms with Crippen LogP contribution in [0.1, 0.15) is 41.6 Å². The van der Waals surface area contributed by atoms with Gasteiger partial charge in [-0.1, -0.05) is 31.0 Å². The standard InChI is InChI=1S/C22H28N2O5S/c1-16-7-3-6-10-19(16)29-14-13-23-22(25)17-11-12-20(28-2)21(15-17)30(26,27)24-18-8-4-5-9-18/h3,6-7,10-12,15,18,24H,4-5,8-9,13-14H2,1-2H3,(H,23,25). The van der Waals surface area contributed by atoms with Gasteiger partial charge >= 0.3 is 0 Å². The van der Waals surface area contributed by atoms with Crippen molar-refractivity contribution in [1.29, 1.82) is 0 Å². The van der Waals surface area contributed by atoms with Crippen molar-refractivity contribution < 1.29 is 22.7 Å². The quantitative estimate of drug-likeness (QED) is 0.594. The number of rotatable bonds is 9. The van der Waals surface area contributed by atoms with E-state index in [0.29, 0.717) is 13.2 Å². The maximum atomic E-state index is 12.8. The van der Waals surface area contributed by atoms with E-state index in [1.807, 2.05) is 31.2 Å². The summed E-state index contributed by atoms with van der Waals surface area (Å²) in [7, 11) is -2.38. The van der Waals surface area contributed by atoms with Gasteiger partial charge in [0.25, 0.3) is 5.91 Å². The molecule has 7 nitrogen and oxygen atoms in total. The molecule has 2 aromatic rings. The maximum absolute atomic E-state index is 12.8. The lowest BCUT2D eigenvalue weighted by Gasteiger charge is -2.16. The van der Waals surface area contributed by atoms with Gasteiger partial charge in [0.2, 0.25) is 10.0 Å². The number of methoxy groups -OCH3 is 1. The Kier molecular flexibility index (Phi) is 7.33. The van der Waals surface area contributed by atoms with Gasteiger partial charge in [-0.3, -0.25) is 4.79 Å². The predicted octanol–water partition coefficient (Wildman–Crippen LogP) is 3.03. The Hall–Kier alpha value is -2.58. The molecule has 162 valence electrons. The van der Waals surface area contributed by atoms with Crippen LogP contribution in [0.4, 0.5) is 0 Å². The normalized spacial score (nSPS) is 14.5. The molecule has 1 aliphatic carbocycles. The maximum Gasteiger partial charge on any atom is 0.251 e. The number of sulfonamides is 1. The van der Waals surface area contributed by atoms with Crippen LogP contribution in [0.15, 0.2) is 47.4 Å². The van der Waals surface area contributed by atoms with Crippen molar-refractivity contribution in [1.82, 2.24) is 10.0 Å². The summed E-state index contributed by atoms with van der Waals surface area (Å²) in [6.07, 6.45) is 3.67. The van der Waals surface area contributed by atoms with Crippen LogP contribution >= 0.6 is 0 Å². The van der Waals surface area contributed by atoms with E-state index in [1.54, 1.807) is 6.07 Å². The van der Waals surface area contributed by atoms with E-state index in [1.165, 1.54) is 19.2 Å². The fourth-order valence-electron chi connectivity index (χ4n) is 3.50. The largest absolute Gasteiger partial charge is 0.495 e. The number of hydrogen-bond donors (Lipinski definition) is 2. The average Bonchev–Trinajstić information content (AvgIpc) is 3.24. The minimum atomic E-state index is -3.79. The van der Waals surface area contributed by atoms with Crippen LogP contribution in [0.25, 0.3) is 0 Å². The molecule has 0 unspecified atom stereocenters. The Balaban J connectivity index is 1.64. The van der Waals surface area contributed by atoms with E-state index in [4.69, 9.17) is 9.47 Å². The van der Waals surface area contributed by atoms with E-state index < -0.39 is 10.0 Å². The second-order valence-corrected chi connectivity index (χ2v) is 9.02. The molecule has 1 saturated carbocycles. The van der Waals surface area contributed by atoms with Gasteiger partial charge in [-0.2, -0.15) is 0 Å². The van der Waals surface area contributed by atoms with Crippen molar-refractivity contribution >= 4 is 15.9 Å². The lowest BCUT2D eigenvalue weighted by Crippen LogP contribution is -2.33. The molecule has 0 heterocycles. The monoisotopic (exact) mass is 432 g/mol. The Morgan fingerprint density at radius 1 is 1.10 bits per heavy atom. The van der Waals surface area contributed by atoms with Crippen LogP contribution < -0.4 is 19.5 Å². The lowest BCUT2D eigenvalue weighted by molar-refractivity contribution is 0.0946. The summed E-state index contributed by atoms with van der Waals surface area (Å²) in [5.41, 5.74) is 1.27. The molecular weight excluding hydrogens is 404 g/mol. The molecule has 30 heavy (non-hydrogen) atoms. The molecular formula is C22H28N2O5S. The van der Waals surface area contributed by atoms with E-state index in [0.717, 1.165) is 37.0 Å².